The van der Waals surface area contributed by atoms with Crippen LogP contribution in [0.1, 0.15) is 27.6 Å². The first-order chi connectivity index (χ1) is 14.2. The number of hydrogen-bond donors (Lipinski definition) is 1. The lowest BCUT2D eigenvalue weighted by Crippen LogP contribution is -2.52. The highest BCUT2D eigenvalue weighted by Crippen LogP contribution is 2.23. The van der Waals surface area contributed by atoms with Gasteiger partial charge in [0.25, 0.3) is 11.8 Å². The molecule has 2 aliphatic rings. The molecule has 0 bridgehead atoms. The molecule has 152 valence electrons. The summed E-state index contributed by atoms with van der Waals surface area (Å²) in [7, 11) is 0. The van der Waals surface area contributed by atoms with Gasteiger partial charge in [0.2, 0.25) is 0 Å². The first kappa shape index (κ1) is 19.4. The summed E-state index contributed by atoms with van der Waals surface area (Å²) in [5, 5.41) is 6.75. The normalized spacial score (nSPS) is 17.1. The predicted octanol–water partition coefficient (Wildman–Crippen LogP) is 2.13. The molecule has 0 radical (unpaired) electrons. The summed E-state index contributed by atoms with van der Waals surface area (Å²) in [6, 6.07) is 11.2. The fourth-order valence-corrected chi connectivity index (χ4v) is 4.50. The molecule has 1 aromatic carbocycles. The number of benzene rings is 1. The number of fused-ring (bicyclic) bond motifs is 1. The highest BCUT2D eigenvalue weighted by atomic mass is 32.1. The number of anilines is 1. The zero-order valence-electron chi connectivity index (χ0n) is 16.5. The Morgan fingerprint density at radius 3 is 2.31 bits per heavy atom. The van der Waals surface area contributed by atoms with Crippen molar-refractivity contribution in [3.05, 3.63) is 52.9 Å². The Morgan fingerprint density at radius 1 is 1.03 bits per heavy atom. The van der Waals surface area contributed by atoms with Gasteiger partial charge in [0.05, 0.1) is 22.7 Å². The summed E-state index contributed by atoms with van der Waals surface area (Å²) in [4.78, 5) is 35.6. The maximum atomic E-state index is 12.5. The van der Waals surface area contributed by atoms with Crippen molar-refractivity contribution >= 4 is 34.1 Å². The van der Waals surface area contributed by atoms with Crippen LogP contribution in [0.25, 0.3) is 0 Å². The predicted molar refractivity (Wildman–Crippen MR) is 116 cm³/mol. The van der Waals surface area contributed by atoms with Gasteiger partial charge in [-0.15, -0.1) is 11.3 Å². The first-order valence-electron chi connectivity index (χ1n) is 9.96. The summed E-state index contributed by atoms with van der Waals surface area (Å²) in [6.07, 6.45) is 0. The molecule has 1 saturated heterocycles. The number of carbonyl (C=O) groups excluding carboxylic acids is 2. The molecule has 1 aromatic heterocycles. The van der Waals surface area contributed by atoms with E-state index in [0.29, 0.717) is 17.7 Å². The Balaban J connectivity index is 1.36. The monoisotopic (exact) mass is 411 g/mol. The molecule has 29 heavy (non-hydrogen) atoms. The van der Waals surface area contributed by atoms with E-state index in [1.807, 2.05) is 6.92 Å². The van der Waals surface area contributed by atoms with Gasteiger partial charge in [0.1, 0.15) is 0 Å². The Morgan fingerprint density at radius 2 is 1.72 bits per heavy atom. The molecule has 4 rings (SSSR count). The summed E-state index contributed by atoms with van der Waals surface area (Å²) in [5.41, 5.74) is 0.969. The van der Waals surface area contributed by atoms with E-state index in [1.54, 1.807) is 35.6 Å². The first-order valence-corrected chi connectivity index (χ1v) is 10.8. The zero-order valence-corrected chi connectivity index (χ0v) is 17.3. The molecule has 0 atom stereocenters. The van der Waals surface area contributed by atoms with Crippen LogP contribution in [0.3, 0.4) is 0 Å². The van der Waals surface area contributed by atoms with Crippen LogP contribution in [0.2, 0.25) is 0 Å². The van der Waals surface area contributed by atoms with Crippen molar-refractivity contribution in [1.82, 2.24) is 15.1 Å². The number of aliphatic imine (C=N–C) groups is 1. The number of thiophene rings is 1. The van der Waals surface area contributed by atoms with Gasteiger partial charge in [-0.2, -0.15) is 0 Å². The van der Waals surface area contributed by atoms with E-state index in [-0.39, 0.29) is 18.4 Å². The number of nitrogens with one attached hydrogen (secondary N) is 1. The van der Waals surface area contributed by atoms with Gasteiger partial charge in [0, 0.05) is 39.3 Å². The highest BCUT2D eigenvalue weighted by molar-refractivity contribution is 7.14. The molecule has 7 nitrogen and oxygen atoms in total. The Bertz CT molecular complexity index is 869. The van der Waals surface area contributed by atoms with Gasteiger partial charge in [-0.25, -0.2) is 0 Å². The molecule has 0 unspecified atom stereocenters. The lowest BCUT2D eigenvalue weighted by molar-refractivity contribution is 0.0659. The van der Waals surface area contributed by atoms with E-state index in [0.717, 1.165) is 38.7 Å². The zero-order chi connectivity index (χ0) is 20.2. The molecule has 0 spiro atoms. The van der Waals surface area contributed by atoms with Crippen molar-refractivity contribution in [2.75, 3.05) is 50.7 Å². The van der Waals surface area contributed by atoms with Gasteiger partial charge >= 0.3 is 0 Å². The second-order valence-electron chi connectivity index (χ2n) is 6.97. The molecule has 3 heterocycles. The quantitative estimate of drug-likeness (QED) is 0.464. The molecular formula is C21H25N5O2S. The van der Waals surface area contributed by atoms with E-state index in [9.17, 15) is 9.59 Å². The second-order valence-corrected chi connectivity index (χ2v) is 7.89. The van der Waals surface area contributed by atoms with Gasteiger partial charge in [-0.1, -0.05) is 12.1 Å². The van der Waals surface area contributed by atoms with Crippen molar-refractivity contribution in [3.63, 3.8) is 0 Å². The molecule has 2 aromatic rings. The van der Waals surface area contributed by atoms with Crippen molar-refractivity contribution in [3.8, 4) is 0 Å². The second kappa shape index (κ2) is 8.65. The molecule has 0 saturated carbocycles. The topological polar surface area (TPSA) is 68.2 Å². The minimum Gasteiger partial charge on any atom is -0.360 e. The summed E-state index contributed by atoms with van der Waals surface area (Å²) >= 11 is 1.76. The van der Waals surface area contributed by atoms with Crippen molar-refractivity contribution < 1.29 is 9.59 Å². The van der Waals surface area contributed by atoms with Crippen LogP contribution in [0, 0.1) is 0 Å². The molecule has 1 fully saturated rings. The van der Waals surface area contributed by atoms with Crippen LogP contribution < -0.4 is 10.2 Å². The maximum absolute atomic E-state index is 12.5. The SMILES string of the molecule is CCNC(=NCCN1C(=O)c2ccccc2C1=O)N1CCN(c2cccs2)CC1. The molecular weight excluding hydrogens is 386 g/mol. The Labute approximate surface area is 174 Å². The van der Waals surface area contributed by atoms with E-state index in [2.05, 4.69) is 37.6 Å². The number of amides is 2. The van der Waals surface area contributed by atoms with Crippen LogP contribution in [0.5, 0.6) is 0 Å². The van der Waals surface area contributed by atoms with Gasteiger partial charge < -0.3 is 15.1 Å². The van der Waals surface area contributed by atoms with Crippen LogP contribution in [0.15, 0.2) is 46.8 Å². The number of hydrogen-bond acceptors (Lipinski definition) is 5. The third-order valence-electron chi connectivity index (χ3n) is 5.20. The van der Waals surface area contributed by atoms with E-state index >= 15 is 0 Å². The fourth-order valence-electron chi connectivity index (χ4n) is 3.71. The fraction of sp³-hybridized carbons (Fsp3) is 0.381. The van der Waals surface area contributed by atoms with E-state index in [1.165, 1.54) is 9.90 Å². The third-order valence-corrected chi connectivity index (χ3v) is 6.12. The molecule has 2 amide bonds. The minimum absolute atomic E-state index is 0.227. The third kappa shape index (κ3) is 3.98. The number of rotatable bonds is 5. The van der Waals surface area contributed by atoms with Crippen LogP contribution in [0.4, 0.5) is 5.00 Å². The number of guanidine groups is 1. The maximum Gasteiger partial charge on any atom is 0.261 e. The number of nitrogens with zero attached hydrogens (tertiary/aromatic N) is 4. The van der Waals surface area contributed by atoms with Gasteiger partial charge in [0.15, 0.2) is 5.96 Å². The average Bonchev–Trinajstić information content (AvgIpc) is 3.37. The highest BCUT2D eigenvalue weighted by Gasteiger charge is 2.34. The van der Waals surface area contributed by atoms with E-state index in [4.69, 9.17) is 0 Å². The summed E-state index contributed by atoms with van der Waals surface area (Å²) < 4.78 is 0. The summed E-state index contributed by atoms with van der Waals surface area (Å²) in [5.74, 6) is 0.390. The average molecular weight is 412 g/mol. The molecule has 8 heteroatoms. The molecule has 1 N–H and O–H groups in total. The lowest BCUT2D eigenvalue weighted by atomic mass is 10.1. The van der Waals surface area contributed by atoms with Gasteiger partial charge in [-0.3, -0.25) is 19.5 Å². The Kier molecular flexibility index (Phi) is 5.80. The van der Waals surface area contributed by atoms with Crippen LogP contribution in [-0.4, -0.2) is 73.4 Å². The number of carbonyl (C=O) groups is 2. The van der Waals surface area contributed by atoms with Crippen LogP contribution in [-0.2, 0) is 0 Å². The number of imide groups is 1. The largest absolute Gasteiger partial charge is 0.360 e. The smallest absolute Gasteiger partial charge is 0.261 e. The van der Waals surface area contributed by atoms with Crippen molar-refractivity contribution in [2.45, 2.75) is 6.92 Å². The van der Waals surface area contributed by atoms with Crippen LogP contribution >= 0.6 is 11.3 Å². The lowest BCUT2D eigenvalue weighted by Gasteiger charge is -2.37. The standard InChI is InChI=1S/C21H25N5O2S/c1-2-22-21(25-13-11-24(12-14-25)18-8-5-15-29-18)23-9-10-26-19(27)16-6-3-4-7-17(16)20(26)28/h3-8,15H,2,9-14H2,1H3,(H,22,23). The molecule has 0 aliphatic carbocycles. The van der Waals surface area contributed by atoms with Crippen molar-refractivity contribution in [2.24, 2.45) is 4.99 Å². The Hall–Kier alpha value is -2.87. The minimum atomic E-state index is -0.227. The summed E-state index contributed by atoms with van der Waals surface area (Å²) in [6.45, 7) is 7.16. The van der Waals surface area contributed by atoms with E-state index < -0.39 is 0 Å². The molecule has 2 aliphatic heterocycles. The van der Waals surface area contributed by atoms with Crippen molar-refractivity contribution in [1.29, 1.82) is 0 Å². The number of piperazine rings is 1. The van der Waals surface area contributed by atoms with Gasteiger partial charge in [-0.05, 0) is 36.6 Å².